The summed E-state index contributed by atoms with van der Waals surface area (Å²) in [5.74, 6) is -1.22. The number of halogens is 3. The van der Waals surface area contributed by atoms with Gasteiger partial charge in [-0.25, -0.2) is 4.79 Å². The van der Waals surface area contributed by atoms with Crippen LogP contribution in [0.25, 0.3) is 0 Å². The van der Waals surface area contributed by atoms with E-state index in [1.54, 1.807) is 32.2 Å². The average molecular weight is 466 g/mol. The van der Waals surface area contributed by atoms with Crippen molar-refractivity contribution in [3.05, 3.63) is 78.4 Å². The first-order valence-electron chi connectivity index (χ1n) is 10.4. The van der Waals surface area contributed by atoms with Gasteiger partial charge in [0.05, 0.1) is 20.3 Å². The molecule has 180 valence electrons. The van der Waals surface area contributed by atoms with Crippen LogP contribution in [0, 0.1) is 5.92 Å². The Bertz CT molecular complexity index is 883. The predicted octanol–water partition coefficient (Wildman–Crippen LogP) is 5.44. The Kier molecular flexibility index (Phi) is 9.49. The minimum atomic E-state index is -5.03. The highest BCUT2D eigenvalue weighted by Gasteiger charge is 2.64. The second kappa shape index (κ2) is 11.9. The van der Waals surface area contributed by atoms with Gasteiger partial charge in [-0.2, -0.15) is 13.2 Å². The molecule has 0 aliphatic rings. The first-order valence-corrected chi connectivity index (χ1v) is 10.4. The number of alkyl halides is 3. The van der Waals surface area contributed by atoms with Crippen molar-refractivity contribution >= 4 is 5.97 Å². The number of rotatable bonds is 12. The van der Waals surface area contributed by atoms with Crippen LogP contribution < -0.4 is 4.74 Å². The van der Waals surface area contributed by atoms with E-state index < -0.39 is 29.8 Å². The quantitative estimate of drug-likeness (QED) is 0.237. The van der Waals surface area contributed by atoms with E-state index >= 15 is 0 Å². The summed E-state index contributed by atoms with van der Waals surface area (Å²) in [6.07, 6.45) is -4.22. The van der Waals surface area contributed by atoms with E-state index in [2.05, 4.69) is 6.58 Å². The van der Waals surface area contributed by atoms with Gasteiger partial charge in [-0.1, -0.05) is 55.5 Å². The molecule has 0 saturated heterocycles. The molecule has 0 radical (unpaired) electrons. The zero-order valence-corrected chi connectivity index (χ0v) is 18.9. The maximum absolute atomic E-state index is 14.1. The number of hydrogen-bond acceptors (Lipinski definition) is 5. The fourth-order valence-corrected chi connectivity index (χ4v) is 3.30. The summed E-state index contributed by atoms with van der Waals surface area (Å²) >= 11 is 0. The van der Waals surface area contributed by atoms with Gasteiger partial charge in [0.25, 0.3) is 5.60 Å². The third kappa shape index (κ3) is 6.36. The second-order valence-corrected chi connectivity index (χ2v) is 7.48. The molecule has 0 aromatic heterocycles. The number of esters is 1. The molecular weight excluding hydrogens is 437 g/mol. The van der Waals surface area contributed by atoms with E-state index in [1.165, 1.54) is 30.3 Å². The molecule has 2 aromatic rings. The maximum Gasteiger partial charge on any atom is 0.432 e. The standard InChI is InChI=1S/C25H29F3O5/c1-5-18(2)22(15-16-32-17-19-11-13-21(30-3)14-12-19)33-23(29)24(31-4,25(26,27)28)20-9-7-6-8-10-20/h5-14,18,22H,1,15-17H2,2-4H3/t18-,22+,24-/m0/s1. The molecule has 0 N–H and O–H groups in total. The number of hydrogen-bond donors (Lipinski definition) is 0. The minimum absolute atomic E-state index is 0.166. The van der Waals surface area contributed by atoms with Gasteiger partial charge in [-0.05, 0) is 17.7 Å². The van der Waals surface area contributed by atoms with Gasteiger partial charge >= 0.3 is 12.1 Å². The second-order valence-electron chi connectivity index (χ2n) is 7.48. The molecule has 0 bridgehead atoms. The Balaban J connectivity index is 2.11. The van der Waals surface area contributed by atoms with E-state index in [1.807, 2.05) is 12.1 Å². The van der Waals surface area contributed by atoms with Crippen LogP contribution in [-0.2, 0) is 31.2 Å². The van der Waals surface area contributed by atoms with E-state index in [0.717, 1.165) is 18.4 Å². The van der Waals surface area contributed by atoms with Gasteiger partial charge in [-0.3, -0.25) is 0 Å². The van der Waals surface area contributed by atoms with Crippen LogP contribution in [0.3, 0.4) is 0 Å². The Morgan fingerprint density at radius 2 is 1.70 bits per heavy atom. The third-order valence-electron chi connectivity index (χ3n) is 5.36. The molecule has 0 amide bonds. The van der Waals surface area contributed by atoms with Gasteiger partial charge in [0.2, 0.25) is 0 Å². The van der Waals surface area contributed by atoms with Gasteiger partial charge in [-0.15, -0.1) is 6.58 Å². The number of methoxy groups -OCH3 is 2. The number of ether oxygens (including phenoxy) is 4. The van der Waals surface area contributed by atoms with Gasteiger partial charge in [0.1, 0.15) is 11.9 Å². The highest BCUT2D eigenvalue weighted by Crippen LogP contribution is 2.43. The number of carbonyl (C=O) groups excluding carboxylic acids is 1. The molecule has 0 unspecified atom stereocenters. The van der Waals surface area contributed by atoms with E-state index in [0.29, 0.717) is 6.61 Å². The van der Waals surface area contributed by atoms with Crippen LogP contribution in [-0.4, -0.2) is 39.1 Å². The lowest BCUT2D eigenvalue weighted by Crippen LogP contribution is -2.53. The van der Waals surface area contributed by atoms with Crippen LogP contribution in [0.4, 0.5) is 13.2 Å². The molecule has 5 nitrogen and oxygen atoms in total. The molecule has 0 aliphatic carbocycles. The van der Waals surface area contributed by atoms with Crippen molar-refractivity contribution in [2.45, 2.75) is 37.8 Å². The summed E-state index contributed by atoms with van der Waals surface area (Å²) in [6.45, 7) is 5.84. The molecule has 3 atom stereocenters. The fourth-order valence-electron chi connectivity index (χ4n) is 3.30. The maximum atomic E-state index is 14.1. The van der Waals surface area contributed by atoms with Gasteiger partial charge in [0, 0.05) is 25.0 Å². The highest BCUT2D eigenvalue weighted by molar-refractivity contribution is 5.82. The number of carbonyl (C=O) groups is 1. The van der Waals surface area contributed by atoms with Crippen LogP contribution in [0.2, 0.25) is 0 Å². The summed E-state index contributed by atoms with van der Waals surface area (Å²) in [5.41, 5.74) is -2.69. The average Bonchev–Trinajstić information content (AvgIpc) is 2.81. The predicted molar refractivity (Wildman–Crippen MR) is 118 cm³/mol. The Labute approximate surface area is 192 Å². The molecular formula is C25H29F3O5. The van der Waals surface area contributed by atoms with Crippen LogP contribution in [0.5, 0.6) is 5.75 Å². The van der Waals surface area contributed by atoms with Gasteiger partial charge < -0.3 is 18.9 Å². The third-order valence-corrected chi connectivity index (χ3v) is 5.36. The highest BCUT2D eigenvalue weighted by atomic mass is 19.4. The summed E-state index contributed by atoms with van der Waals surface area (Å²) in [5, 5.41) is 0. The van der Waals surface area contributed by atoms with Crippen LogP contribution in [0.15, 0.2) is 67.3 Å². The first kappa shape index (κ1) is 26.4. The molecule has 8 heteroatoms. The largest absolute Gasteiger partial charge is 0.497 e. The molecule has 2 rings (SSSR count). The molecule has 33 heavy (non-hydrogen) atoms. The fraction of sp³-hybridized carbons (Fsp3) is 0.400. The molecule has 0 heterocycles. The smallest absolute Gasteiger partial charge is 0.432 e. The van der Waals surface area contributed by atoms with Crippen molar-refractivity contribution < 1.29 is 36.9 Å². The molecule has 0 fully saturated rings. The normalized spacial score (nSPS) is 15.2. The minimum Gasteiger partial charge on any atom is -0.497 e. The molecule has 0 saturated carbocycles. The van der Waals surface area contributed by atoms with Crippen LogP contribution >= 0.6 is 0 Å². The van der Waals surface area contributed by atoms with E-state index in [-0.39, 0.29) is 18.6 Å². The van der Waals surface area contributed by atoms with Crippen molar-refractivity contribution in [3.63, 3.8) is 0 Å². The Morgan fingerprint density at radius 1 is 1.06 bits per heavy atom. The summed E-state index contributed by atoms with van der Waals surface area (Å²) in [4.78, 5) is 12.9. The van der Waals surface area contributed by atoms with E-state index in [4.69, 9.17) is 18.9 Å². The SMILES string of the molecule is C=C[C@H](C)[C@@H](CCOCc1ccc(OC)cc1)OC(=O)[C@@](OC)(c1ccccc1)C(F)(F)F. The Morgan fingerprint density at radius 3 is 2.21 bits per heavy atom. The zero-order valence-electron chi connectivity index (χ0n) is 18.9. The summed E-state index contributed by atoms with van der Waals surface area (Å²) in [7, 11) is 2.41. The lowest BCUT2D eigenvalue weighted by atomic mass is 9.92. The Hall–Kier alpha value is -2.84. The van der Waals surface area contributed by atoms with Crippen molar-refractivity contribution in [2.75, 3.05) is 20.8 Å². The first-order chi connectivity index (χ1) is 15.7. The monoisotopic (exact) mass is 466 g/mol. The lowest BCUT2D eigenvalue weighted by molar-refractivity contribution is -0.278. The van der Waals surface area contributed by atoms with Crippen molar-refractivity contribution in [2.24, 2.45) is 5.92 Å². The van der Waals surface area contributed by atoms with E-state index in [9.17, 15) is 18.0 Å². The van der Waals surface area contributed by atoms with Gasteiger partial charge in [0.15, 0.2) is 0 Å². The summed E-state index contributed by atoms with van der Waals surface area (Å²) < 4.78 is 63.3. The molecule has 0 spiro atoms. The van der Waals surface area contributed by atoms with Crippen LogP contribution in [0.1, 0.15) is 24.5 Å². The molecule has 0 aliphatic heterocycles. The molecule has 2 aromatic carbocycles. The van der Waals surface area contributed by atoms with Crippen molar-refractivity contribution in [3.8, 4) is 5.75 Å². The van der Waals surface area contributed by atoms with Crippen molar-refractivity contribution in [1.29, 1.82) is 0 Å². The summed E-state index contributed by atoms with van der Waals surface area (Å²) in [6, 6.07) is 14.0. The number of benzene rings is 2. The zero-order chi connectivity index (χ0) is 24.5. The lowest BCUT2D eigenvalue weighted by Gasteiger charge is -2.34. The topological polar surface area (TPSA) is 54.0 Å². The van der Waals surface area contributed by atoms with Crippen molar-refractivity contribution in [1.82, 2.24) is 0 Å².